The predicted molar refractivity (Wildman–Crippen MR) is 213 cm³/mol. The Kier molecular flexibility index (Phi) is 11.9. The number of aromatic nitrogens is 6. The van der Waals surface area contributed by atoms with Gasteiger partial charge in [-0.3, -0.25) is 14.7 Å². The summed E-state index contributed by atoms with van der Waals surface area (Å²) in [5.41, 5.74) is 14.5. The third-order valence-corrected chi connectivity index (χ3v) is 8.90. The molecular formula is C41H43Cl2N7O2. The van der Waals surface area contributed by atoms with Crippen LogP contribution in [0.1, 0.15) is 46.3 Å². The van der Waals surface area contributed by atoms with Gasteiger partial charge in [0.15, 0.2) is 5.78 Å². The van der Waals surface area contributed by atoms with E-state index in [-0.39, 0.29) is 23.7 Å². The Bertz CT molecular complexity index is 2430. The summed E-state index contributed by atoms with van der Waals surface area (Å²) in [7, 11) is 0. The Labute approximate surface area is 314 Å². The monoisotopic (exact) mass is 735 g/mol. The number of imidazole rings is 2. The van der Waals surface area contributed by atoms with Gasteiger partial charge in [-0.15, -0.1) is 24.0 Å². The van der Waals surface area contributed by atoms with Crippen LogP contribution in [0, 0.1) is 34.6 Å². The second kappa shape index (κ2) is 16.3. The minimum atomic E-state index is -0.0324. The van der Waals surface area contributed by atoms with Gasteiger partial charge in [0, 0.05) is 47.1 Å². The molecule has 8 rings (SSSR count). The van der Waals surface area contributed by atoms with E-state index in [1.165, 1.54) is 16.7 Å². The number of nitrogens with one attached hydrogen (secondary N) is 2. The molecule has 0 unspecified atom stereocenters. The Balaban J connectivity index is 0.000000171. The number of carbonyl (C=O) groups excluding carboxylic acids is 1. The first-order chi connectivity index (χ1) is 24.5. The molecule has 0 atom stereocenters. The minimum absolute atomic E-state index is 0. The molecule has 0 saturated carbocycles. The van der Waals surface area contributed by atoms with Crippen LogP contribution < -0.4 is 10.9 Å². The SMILES string of the molecule is CC1=CC(=O)CN1.Cc1ccc(-c2nc3ccc(C)cn3c2CCl)cc1.Cc1ccc(-c2nc3ccc(C)cn3c2Cn2[nH]c(C)cc2=O)cc1.Cl. The normalized spacial score (nSPS) is 12.1. The van der Waals surface area contributed by atoms with E-state index in [4.69, 9.17) is 21.6 Å². The highest BCUT2D eigenvalue weighted by atomic mass is 35.5. The van der Waals surface area contributed by atoms with Crippen LogP contribution in [-0.4, -0.2) is 40.9 Å². The molecule has 11 heteroatoms. The molecule has 0 radical (unpaired) electrons. The van der Waals surface area contributed by atoms with E-state index in [0.717, 1.165) is 62.2 Å². The average molecular weight is 737 g/mol. The van der Waals surface area contributed by atoms with E-state index >= 15 is 0 Å². The van der Waals surface area contributed by atoms with Crippen molar-refractivity contribution in [1.82, 2.24) is 33.9 Å². The van der Waals surface area contributed by atoms with E-state index in [9.17, 15) is 9.59 Å². The van der Waals surface area contributed by atoms with Gasteiger partial charge in [-0.1, -0.05) is 71.8 Å². The van der Waals surface area contributed by atoms with Gasteiger partial charge < -0.3 is 14.1 Å². The summed E-state index contributed by atoms with van der Waals surface area (Å²) in [6.07, 6.45) is 5.76. The largest absolute Gasteiger partial charge is 0.381 e. The molecule has 1 aliphatic rings. The fourth-order valence-electron chi connectivity index (χ4n) is 5.96. The van der Waals surface area contributed by atoms with E-state index in [1.807, 2.05) is 26.0 Å². The number of H-pyrrole nitrogens is 1. The molecule has 52 heavy (non-hydrogen) atoms. The van der Waals surface area contributed by atoms with Crippen LogP contribution in [0.2, 0.25) is 0 Å². The quantitative estimate of drug-likeness (QED) is 0.173. The van der Waals surface area contributed by atoms with Gasteiger partial charge in [0.05, 0.1) is 41.7 Å². The number of nitrogens with zero attached hydrogens (tertiary/aromatic N) is 5. The maximum atomic E-state index is 12.2. The van der Waals surface area contributed by atoms with Crippen molar-refractivity contribution in [2.75, 3.05) is 6.54 Å². The number of hydrogen-bond donors (Lipinski definition) is 2. The van der Waals surface area contributed by atoms with Crippen LogP contribution in [0.25, 0.3) is 33.8 Å². The minimum Gasteiger partial charge on any atom is -0.381 e. The number of carbonyl (C=O) groups is 1. The fourth-order valence-corrected chi connectivity index (χ4v) is 6.22. The Morgan fingerprint density at radius 1 is 0.673 bits per heavy atom. The highest BCUT2D eigenvalue weighted by Crippen LogP contribution is 2.27. The summed E-state index contributed by atoms with van der Waals surface area (Å²) in [4.78, 5) is 32.0. The topological polar surface area (TPSA) is 101 Å². The summed E-state index contributed by atoms with van der Waals surface area (Å²) >= 11 is 6.13. The summed E-state index contributed by atoms with van der Waals surface area (Å²) in [5.74, 6) is 0.630. The van der Waals surface area contributed by atoms with Crippen molar-refractivity contribution in [3.63, 3.8) is 0 Å². The van der Waals surface area contributed by atoms with Gasteiger partial charge in [0.25, 0.3) is 5.56 Å². The van der Waals surface area contributed by atoms with Gasteiger partial charge in [-0.25, -0.2) is 14.6 Å². The highest BCUT2D eigenvalue weighted by Gasteiger charge is 2.16. The van der Waals surface area contributed by atoms with Crippen LogP contribution in [0.4, 0.5) is 0 Å². The number of alkyl halides is 1. The molecule has 2 aromatic carbocycles. The number of pyridine rings is 2. The molecule has 0 amide bonds. The maximum Gasteiger partial charge on any atom is 0.267 e. The molecule has 6 heterocycles. The number of halogens is 2. The number of allylic oxidation sites excluding steroid dienone is 1. The third kappa shape index (κ3) is 8.55. The van der Waals surface area contributed by atoms with Crippen molar-refractivity contribution in [3.8, 4) is 22.5 Å². The van der Waals surface area contributed by atoms with Gasteiger partial charge in [-0.05, 0) is 64.8 Å². The summed E-state index contributed by atoms with van der Waals surface area (Å²) in [6, 6.07) is 26.5. The molecule has 0 saturated heterocycles. The smallest absolute Gasteiger partial charge is 0.267 e. The molecule has 7 aromatic rings. The molecular weight excluding hydrogens is 693 g/mol. The second-order valence-electron chi connectivity index (χ2n) is 13.1. The molecule has 0 fully saturated rings. The zero-order valence-corrected chi connectivity index (χ0v) is 31.8. The third-order valence-electron chi connectivity index (χ3n) is 8.65. The molecule has 1 aliphatic heterocycles. The van der Waals surface area contributed by atoms with Crippen LogP contribution in [0.5, 0.6) is 0 Å². The number of rotatable bonds is 5. The van der Waals surface area contributed by atoms with Gasteiger partial charge in [0.2, 0.25) is 0 Å². The lowest BCUT2D eigenvalue weighted by Gasteiger charge is -2.07. The summed E-state index contributed by atoms with van der Waals surface area (Å²) < 4.78 is 5.78. The second-order valence-corrected chi connectivity index (χ2v) is 13.3. The standard InChI is InChI=1S/C20H20N4O.C16H15ClN2.C5H7NO.ClH/c1-13-4-7-16(8-5-13)20-17(12-24-19(25)10-15(3)22-24)23-11-14(2)6-9-18(23)21-20;1-11-3-6-13(7-4-11)16-14(9-17)19-10-12(2)5-8-15(19)18-16;1-4-2-5(7)3-6-4;/h4-11,22H,12H2,1-3H3;3-8,10H,9H2,1-2H3;2,6H,3H2,1H3;1H. The van der Waals surface area contributed by atoms with E-state index in [2.05, 4.69) is 120 Å². The lowest BCUT2D eigenvalue weighted by Crippen LogP contribution is -2.18. The molecule has 0 bridgehead atoms. The van der Waals surface area contributed by atoms with Crippen LogP contribution in [-0.2, 0) is 17.2 Å². The number of benzene rings is 2. The number of hydrogen-bond acceptors (Lipinski definition) is 5. The van der Waals surface area contributed by atoms with Gasteiger partial charge in [-0.2, -0.15) is 0 Å². The van der Waals surface area contributed by atoms with Crippen molar-refractivity contribution in [2.24, 2.45) is 0 Å². The Morgan fingerprint density at radius 2 is 1.15 bits per heavy atom. The first kappa shape index (κ1) is 37.9. The van der Waals surface area contributed by atoms with Crippen molar-refractivity contribution in [2.45, 2.75) is 54.0 Å². The first-order valence-corrected chi connectivity index (χ1v) is 17.4. The molecule has 2 N–H and O–H groups in total. The van der Waals surface area contributed by atoms with E-state index < -0.39 is 0 Å². The van der Waals surface area contributed by atoms with Crippen molar-refractivity contribution in [3.05, 3.63) is 153 Å². The van der Waals surface area contributed by atoms with E-state index in [1.54, 1.807) is 16.8 Å². The highest BCUT2D eigenvalue weighted by molar-refractivity contribution is 6.17. The maximum absolute atomic E-state index is 12.2. The number of fused-ring (bicyclic) bond motifs is 2. The zero-order chi connectivity index (χ0) is 36.2. The molecule has 9 nitrogen and oxygen atoms in total. The van der Waals surface area contributed by atoms with Crippen LogP contribution >= 0.6 is 24.0 Å². The lowest BCUT2D eigenvalue weighted by molar-refractivity contribution is -0.113. The van der Waals surface area contributed by atoms with Gasteiger partial charge in [0.1, 0.15) is 11.3 Å². The van der Waals surface area contributed by atoms with Crippen molar-refractivity contribution < 1.29 is 4.79 Å². The zero-order valence-electron chi connectivity index (χ0n) is 30.2. The summed E-state index contributed by atoms with van der Waals surface area (Å²) in [6.45, 7) is 13.0. The number of ketones is 1. The Morgan fingerprint density at radius 3 is 1.56 bits per heavy atom. The average Bonchev–Trinajstić information content (AvgIpc) is 3.86. The molecule has 0 spiro atoms. The van der Waals surface area contributed by atoms with Crippen LogP contribution in [0.3, 0.4) is 0 Å². The first-order valence-electron chi connectivity index (χ1n) is 16.9. The van der Waals surface area contributed by atoms with Crippen LogP contribution in [0.15, 0.2) is 108 Å². The Hall–Kier alpha value is -5.38. The summed E-state index contributed by atoms with van der Waals surface area (Å²) in [5, 5.41) is 5.99. The predicted octanol–water partition coefficient (Wildman–Crippen LogP) is 8.31. The molecule has 5 aromatic heterocycles. The van der Waals surface area contributed by atoms with Crippen molar-refractivity contribution in [1.29, 1.82) is 0 Å². The molecule has 0 aliphatic carbocycles. The number of aryl methyl sites for hydroxylation is 5. The van der Waals surface area contributed by atoms with Crippen molar-refractivity contribution >= 4 is 41.1 Å². The lowest BCUT2D eigenvalue weighted by atomic mass is 10.1. The number of aromatic amines is 1. The fraction of sp³-hybridized carbons (Fsp3) is 0.220. The van der Waals surface area contributed by atoms with E-state index in [0.29, 0.717) is 19.0 Å². The molecule has 268 valence electrons. The van der Waals surface area contributed by atoms with Gasteiger partial charge >= 0.3 is 0 Å².